The van der Waals surface area contributed by atoms with E-state index in [-0.39, 0.29) is 0 Å². The van der Waals surface area contributed by atoms with E-state index < -0.39 is 0 Å². The molecule has 0 bridgehead atoms. The largest absolute Gasteiger partial charge is 0.497 e. The van der Waals surface area contributed by atoms with Gasteiger partial charge >= 0.3 is 0 Å². The maximum atomic E-state index is 5.25. The number of benzene rings is 1. The first-order chi connectivity index (χ1) is 14.2. The van der Waals surface area contributed by atoms with Crippen LogP contribution in [0.25, 0.3) is 5.78 Å². The van der Waals surface area contributed by atoms with Crippen LogP contribution >= 0.6 is 0 Å². The molecular formula is C22H30N6O. The van der Waals surface area contributed by atoms with E-state index in [0.29, 0.717) is 11.7 Å². The van der Waals surface area contributed by atoms with E-state index in [4.69, 9.17) is 4.74 Å². The van der Waals surface area contributed by atoms with E-state index in [0.717, 1.165) is 37.6 Å². The lowest BCUT2D eigenvalue weighted by Gasteiger charge is -2.34. The number of nitrogens with zero attached hydrogens (tertiary/aromatic N) is 6. The van der Waals surface area contributed by atoms with Gasteiger partial charge in [0.2, 0.25) is 0 Å². The summed E-state index contributed by atoms with van der Waals surface area (Å²) in [6.07, 6.45) is 7.30. The van der Waals surface area contributed by atoms with Gasteiger partial charge < -0.3 is 9.64 Å². The van der Waals surface area contributed by atoms with Gasteiger partial charge in [0.1, 0.15) is 5.75 Å². The van der Waals surface area contributed by atoms with E-state index in [1.807, 2.05) is 24.4 Å². The number of hydrogen-bond acceptors (Lipinski definition) is 6. The predicted octanol–water partition coefficient (Wildman–Crippen LogP) is 2.52. The smallest absolute Gasteiger partial charge is 0.252 e. The molecule has 4 rings (SSSR count). The molecule has 0 unspecified atom stereocenters. The molecule has 1 atom stereocenters. The molecule has 0 amide bonds. The molecule has 0 aliphatic carbocycles. The fourth-order valence-electron chi connectivity index (χ4n) is 4.17. The van der Waals surface area contributed by atoms with Crippen LogP contribution in [0.15, 0.2) is 42.7 Å². The lowest BCUT2D eigenvalue weighted by molar-refractivity contribution is 0.141. The zero-order valence-electron chi connectivity index (χ0n) is 17.4. The molecule has 29 heavy (non-hydrogen) atoms. The first kappa shape index (κ1) is 19.8. The van der Waals surface area contributed by atoms with Gasteiger partial charge in [-0.3, -0.25) is 4.90 Å². The fourth-order valence-corrected chi connectivity index (χ4v) is 4.17. The van der Waals surface area contributed by atoms with Crippen LogP contribution in [0.2, 0.25) is 0 Å². The Balaban J connectivity index is 1.25. The summed E-state index contributed by atoms with van der Waals surface area (Å²) in [7, 11) is 3.87. The molecular weight excluding hydrogens is 364 g/mol. The van der Waals surface area contributed by atoms with Crippen molar-refractivity contribution in [2.45, 2.75) is 25.8 Å². The van der Waals surface area contributed by atoms with Crippen molar-refractivity contribution in [1.29, 1.82) is 0 Å². The highest BCUT2D eigenvalue weighted by atomic mass is 16.5. The number of piperidine rings is 1. The third-order valence-electron chi connectivity index (χ3n) is 5.62. The summed E-state index contributed by atoms with van der Waals surface area (Å²) in [5.74, 6) is 3.11. The van der Waals surface area contributed by atoms with E-state index in [2.05, 4.69) is 44.0 Å². The van der Waals surface area contributed by atoms with Crippen molar-refractivity contribution in [3.05, 3.63) is 54.1 Å². The fraction of sp³-hybridized carbons (Fsp3) is 0.500. The van der Waals surface area contributed by atoms with Crippen molar-refractivity contribution in [2.75, 3.05) is 40.3 Å². The number of hydrogen-bond donors (Lipinski definition) is 0. The summed E-state index contributed by atoms with van der Waals surface area (Å²) in [6, 6.07) is 10.3. The van der Waals surface area contributed by atoms with Gasteiger partial charge in [-0.1, -0.05) is 12.1 Å². The average molecular weight is 395 g/mol. The van der Waals surface area contributed by atoms with Gasteiger partial charge in [0.25, 0.3) is 5.78 Å². The summed E-state index contributed by atoms with van der Waals surface area (Å²) in [4.78, 5) is 13.7. The molecule has 1 saturated heterocycles. The highest BCUT2D eigenvalue weighted by Crippen LogP contribution is 2.19. The van der Waals surface area contributed by atoms with Gasteiger partial charge in [-0.05, 0) is 62.5 Å². The van der Waals surface area contributed by atoms with Crippen molar-refractivity contribution >= 4 is 5.78 Å². The predicted molar refractivity (Wildman–Crippen MR) is 113 cm³/mol. The maximum absolute atomic E-state index is 5.25. The molecule has 7 nitrogen and oxygen atoms in total. The minimum atomic E-state index is 0.665. The lowest BCUT2D eigenvalue weighted by atomic mass is 9.97. The van der Waals surface area contributed by atoms with Crippen molar-refractivity contribution < 1.29 is 4.74 Å². The Morgan fingerprint density at radius 1 is 1.24 bits per heavy atom. The number of fused-ring (bicyclic) bond motifs is 1. The second-order valence-electron chi connectivity index (χ2n) is 8.00. The number of methoxy groups -OCH3 is 1. The number of likely N-dealkylation sites (tertiary alicyclic amines) is 1. The molecule has 2 aromatic heterocycles. The molecule has 1 aromatic carbocycles. The molecule has 1 fully saturated rings. The summed E-state index contributed by atoms with van der Waals surface area (Å²) >= 11 is 0. The molecule has 0 saturated carbocycles. The minimum Gasteiger partial charge on any atom is -0.497 e. The third kappa shape index (κ3) is 5.31. The Morgan fingerprint density at radius 3 is 2.90 bits per heavy atom. The SMILES string of the molecule is COc1ccc(CCN2CCC[C@H](CN(C)Cc3nc4ncccn4n3)C2)cc1. The van der Waals surface area contributed by atoms with Gasteiger partial charge in [0, 0.05) is 32.0 Å². The highest BCUT2D eigenvalue weighted by Gasteiger charge is 2.21. The lowest BCUT2D eigenvalue weighted by Crippen LogP contribution is -2.40. The molecule has 1 aliphatic heterocycles. The molecule has 0 radical (unpaired) electrons. The van der Waals surface area contributed by atoms with Crippen LogP contribution in [-0.2, 0) is 13.0 Å². The number of ether oxygens (including phenoxy) is 1. The molecule has 1 aliphatic rings. The first-order valence-electron chi connectivity index (χ1n) is 10.4. The molecule has 7 heteroatoms. The number of aromatic nitrogens is 4. The number of rotatable bonds is 8. The van der Waals surface area contributed by atoms with Gasteiger partial charge in [0.15, 0.2) is 5.82 Å². The standard InChI is InChI=1S/C22H30N6O/c1-26(17-21-24-22-23-11-4-13-28(22)25-21)15-19-5-3-12-27(16-19)14-10-18-6-8-20(29-2)9-7-18/h4,6-9,11,13,19H,3,5,10,12,14-17H2,1-2H3/t19-/m1/s1. The van der Waals surface area contributed by atoms with Crippen molar-refractivity contribution in [3.8, 4) is 5.75 Å². The maximum Gasteiger partial charge on any atom is 0.252 e. The Labute approximate surface area is 172 Å². The summed E-state index contributed by atoms with van der Waals surface area (Å²) < 4.78 is 6.99. The van der Waals surface area contributed by atoms with Crippen LogP contribution in [-0.4, -0.2) is 69.7 Å². The summed E-state index contributed by atoms with van der Waals surface area (Å²) in [5, 5.41) is 4.52. The van der Waals surface area contributed by atoms with E-state index >= 15 is 0 Å². The second kappa shape index (κ2) is 9.33. The van der Waals surface area contributed by atoms with Crippen LogP contribution in [0.3, 0.4) is 0 Å². The van der Waals surface area contributed by atoms with Crippen LogP contribution in [0.5, 0.6) is 5.75 Å². The highest BCUT2D eigenvalue weighted by molar-refractivity contribution is 5.27. The van der Waals surface area contributed by atoms with Crippen LogP contribution in [0.4, 0.5) is 0 Å². The second-order valence-corrected chi connectivity index (χ2v) is 8.00. The molecule has 0 spiro atoms. The van der Waals surface area contributed by atoms with Gasteiger partial charge in [-0.2, -0.15) is 4.98 Å². The first-order valence-corrected chi connectivity index (χ1v) is 10.4. The van der Waals surface area contributed by atoms with E-state index in [1.54, 1.807) is 17.8 Å². The summed E-state index contributed by atoms with van der Waals surface area (Å²) in [6.45, 7) is 5.32. The van der Waals surface area contributed by atoms with Gasteiger partial charge in [-0.25, -0.2) is 9.50 Å². The Kier molecular flexibility index (Phi) is 6.36. The minimum absolute atomic E-state index is 0.665. The van der Waals surface area contributed by atoms with Crippen molar-refractivity contribution in [1.82, 2.24) is 29.4 Å². The monoisotopic (exact) mass is 394 g/mol. The van der Waals surface area contributed by atoms with Gasteiger partial charge in [0.05, 0.1) is 13.7 Å². The van der Waals surface area contributed by atoms with Crippen molar-refractivity contribution in [3.63, 3.8) is 0 Å². The molecule has 0 N–H and O–H groups in total. The normalized spacial score (nSPS) is 17.8. The molecule has 154 valence electrons. The zero-order valence-corrected chi connectivity index (χ0v) is 17.4. The Hall–Kier alpha value is -2.51. The molecule has 3 aromatic rings. The van der Waals surface area contributed by atoms with E-state index in [9.17, 15) is 0 Å². The molecule has 3 heterocycles. The van der Waals surface area contributed by atoms with Crippen LogP contribution < -0.4 is 4.74 Å². The van der Waals surface area contributed by atoms with Gasteiger partial charge in [-0.15, -0.1) is 5.10 Å². The topological polar surface area (TPSA) is 58.8 Å². The Bertz CT molecular complexity index is 876. The zero-order chi connectivity index (χ0) is 20.1. The van der Waals surface area contributed by atoms with Crippen LogP contribution in [0, 0.1) is 5.92 Å². The van der Waals surface area contributed by atoms with E-state index in [1.165, 1.54) is 31.5 Å². The third-order valence-corrected chi connectivity index (χ3v) is 5.62. The Morgan fingerprint density at radius 2 is 2.10 bits per heavy atom. The summed E-state index contributed by atoms with van der Waals surface area (Å²) in [5.41, 5.74) is 1.37. The average Bonchev–Trinajstić information content (AvgIpc) is 3.15. The van der Waals surface area contributed by atoms with Crippen LogP contribution in [0.1, 0.15) is 24.2 Å². The van der Waals surface area contributed by atoms with Crippen molar-refractivity contribution in [2.24, 2.45) is 5.92 Å². The quantitative estimate of drug-likeness (QED) is 0.585.